The summed E-state index contributed by atoms with van der Waals surface area (Å²) in [6.45, 7) is 7.36. The number of terminal acetylenes is 6. The van der Waals surface area contributed by atoms with E-state index in [4.69, 9.17) is 118 Å². The summed E-state index contributed by atoms with van der Waals surface area (Å²) in [6, 6.07) is 50.7. The fourth-order valence-corrected chi connectivity index (χ4v) is 13.9. The first-order chi connectivity index (χ1) is 69.3. The number of benzene rings is 9. The molecule has 0 aliphatic heterocycles. The maximum atomic E-state index is 14.3. The topological polar surface area (TPSA) is 557 Å². The van der Waals surface area contributed by atoms with Crippen LogP contribution in [0, 0.1) is 148 Å². The van der Waals surface area contributed by atoms with Crippen molar-refractivity contribution in [2.75, 3.05) is 76.4 Å². The van der Waals surface area contributed by atoms with Gasteiger partial charge in [0.15, 0.2) is 55.7 Å². The van der Waals surface area contributed by atoms with Crippen molar-refractivity contribution < 1.29 is 91.2 Å². The molecule has 0 spiro atoms. The molecule has 0 amide bonds. The number of sulfonamides is 2. The summed E-state index contributed by atoms with van der Waals surface area (Å²) < 4.78 is 150. The van der Waals surface area contributed by atoms with Gasteiger partial charge in [-0.15, -0.1) is 62.5 Å². The smallest absolute Gasteiger partial charge is 0.269 e. The number of nitro benzene ring substituents is 3. The highest BCUT2D eigenvalue weighted by Crippen LogP contribution is 2.31. The largest absolute Gasteiger partial charge is 0.508 e. The number of nitro groups is 3. The van der Waals surface area contributed by atoms with Crippen LogP contribution in [0.4, 0.5) is 98.1 Å². The van der Waals surface area contributed by atoms with Crippen molar-refractivity contribution in [3.8, 4) is 109 Å². The van der Waals surface area contributed by atoms with Crippen molar-refractivity contribution in [2.45, 2.75) is 48.8 Å². The number of phenols is 1. The minimum absolute atomic E-state index is 0. The zero-order chi connectivity index (χ0) is 109. The molecule has 0 saturated carbocycles. The molecule has 0 unspecified atom stereocenters. The Morgan fingerprint density at radius 2 is 0.707 bits per heavy atom. The Morgan fingerprint density at radius 1 is 0.429 bits per heavy atom. The van der Waals surface area contributed by atoms with Crippen molar-refractivity contribution in [3.05, 3.63) is 311 Å². The molecular formula is C95H84BrCl3F4I3N19O19S3. The summed E-state index contributed by atoms with van der Waals surface area (Å²) in [4.78, 5) is 70.9. The number of carbonyl (C=O) groups excluding carboxylic acids is 1. The molecule has 0 aliphatic rings. The summed E-state index contributed by atoms with van der Waals surface area (Å²) in [7, 11) is -11.3. The molecule has 13 aromatic rings. The highest BCUT2D eigenvalue weighted by molar-refractivity contribution is 15.0. The van der Waals surface area contributed by atoms with E-state index in [9.17, 15) is 78.0 Å². The Hall–Kier alpha value is -14.8. The Bertz CT molecular complexity index is 7160. The summed E-state index contributed by atoms with van der Waals surface area (Å²) in [6.07, 6.45) is 34.1. The quantitative estimate of drug-likeness (QED) is 0.00242. The second-order valence-electron chi connectivity index (χ2n) is 27.4. The number of nitrogens with two attached hydrogens (primary N) is 3. The highest BCUT2D eigenvalue weighted by Gasteiger charge is 2.23. The summed E-state index contributed by atoms with van der Waals surface area (Å²) in [5.41, 5.74) is 9.99. The Labute approximate surface area is 906 Å². The van der Waals surface area contributed by atoms with E-state index < -0.39 is 73.7 Å². The monoisotopic (exact) mass is 2530 g/mol. The molecule has 12 N–H and O–H groups in total. The lowest BCUT2D eigenvalue weighted by molar-refractivity contribution is -0.385. The van der Waals surface area contributed by atoms with E-state index in [0.29, 0.717) is 84.9 Å². The third-order valence-electron chi connectivity index (χ3n) is 16.9. The van der Waals surface area contributed by atoms with Crippen LogP contribution in [-0.2, 0) is 34.7 Å². The van der Waals surface area contributed by atoms with E-state index in [1.165, 1.54) is 91.0 Å². The van der Waals surface area contributed by atoms with Gasteiger partial charge in [-0.1, -0.05) is 88.2 Å². The molecule has 0 saturated heterocycles. The number of ketones is 1. The highest BCUT2D eigenvalue weighted by atomic mass is 128. The predicted molar refractivity (Wildman–Crippen MR) is 585 cm³/mol. The number of hydrogen-bond acceptors (Lipinski definition) is 33. The number of sulfone groups is 1. The number of primary sulfonamides is 2. The molecule has 0 radical (unpaired) electrons. The Balaban J connectivity index is 0.000000446. The van der Waals surface area contributed by atoms with Crippen LogP contribution in [0.25, 0.3) is 0 Å². The van der Waals surface area contributed by atoms with Crippen LogP contribution >= 0.6 is 112 Å². The number of nitrogens with one attached hydrogen (secondary N) is 5. The number of carbonyl (C=O) groups is 1. The van der Waals surface area contributed by atoms with Gasteiger partial charge in [0, 0.05) is 114 Å². The zero-order valence-corrected chi connectivity index (χ0v) is 89.8. The molecule has 147 heavy (non-hydrogen) atoms. The molecule has 52 heteroatoms. The van der Waals surface area contributed by atoms with E-state index in [0.717, 1.165) is 24.8 Å². The van der Waals surface area contributed by atoms with E-state index in [2.05, 4.69) is 155 Å². The second-order valence-corrected chi connectivity index (χ2v) is 34.0. The summed E-state index contributed by atoms with van der Waals surface area (Å²) >= 11 is 23.3. The fraction of sp³-hybridized carbons (Fsp3) is 0.126. The lowest BCUT2D eigenvalue weighted by Crippen LogP contribution is -2.16. The van der Waals surface area contributed by atoms with Gasteiger partial charge in [-0.3, -0.25) is 35.1 Å². The van der Waals surface area contributed by atoms with E-state index in [1.54, 1.807) is 137 Å². The number of rotatable bonds is 29. The number of alkyl halides is 1. The van der Waals surface area contributed by atoms with Gasteiger partial charge in [0.1, 0.15) is 79.1 Å². The third-order valence-corrected chi connectivity index (χ3v) is 21.7. The number of nitrogen functional groups attached to an aromatic ring is 1. The van der Waals surface area contributed by atoms with Gasteiger partial charge in [-0.25, -0.2) is 78.0 Å². The lowest BCUT2D eigenvalue weighted by atomic mass is 10.2. The van der Waals surface area contributed by atoms with Crippen molar-refractivity contribution in [2.24, 2.45) is 10.3 Å². The number of anilines is 11. The minimum Gasteiger partial charge on any atom is -0.508 e. The average Bonchev–Trinajstić information content (AvgIpc) is 0.803. The van der Waals surface area contributed by atoms with Crippen LogP contribution in [0.15, 0.2) is 240 Å². The molecular weight excluding hydrogens is 2450 g/mol. The molecule has 4 aromatic heterocycles. The third kappa shape index (κ3) is 47.7. The normalized spacial score (nSPS) is 9.89. The van der Waals surface area contributed by atoms with Gasteiger partial charge in [0.25, 0.3) is 17.1 Å². The van der Waals surface area contributed by atoms with E-state index in [1.807, 2.05) is 0 Å². The van der Waals surface area contributed by atoms with Crippen LogP contribution in [0.5, 0.6) is 34.5 Å². The molecule has 0 aliphatic carbocycles. The standard InChI is InChI=1S/C24H23FN4O4S.C20H18FN5O3S.C13H9ClFN3O.2C9H7NO3.C7H10N2O2S.C6H5NO3.C4HCl2FN2.C3H3Br.I2.HI/c1-4-12-33-20-10-8-17(9-11-20)27-23-21(25)14-26-24(29-23)28-18-7-6-16(3)22(13-18)34(31,32)15-19(30)5-2;1-3-10-29-16-8-6-14(7-9-16)24-19-17(21)12-23-20(26-19)25-15-5-4-13(2)18(11-15)30(22,27)28;1-2-7-19-10-5-3-9(4-6-10)17-12-11(15)8-16-13(14)18-12;2*1-2-7-13-9-5-3-8(4-6-9)10(11)12;1-5-2-3-6(8)4-7(5)12(9,10)11;8-6-3-1-5(2-4-6)7(9)10;5-3-2(7)1-8-4(6)9-3;1-2-3-4;1-2;/h1,6-11,13-14H,5,12,15H2,2-3H3,(H2,26,27,28,29);1,4-9,11-12H,10H2,2H3,(H2,22,27,28)(H2,23,24,25,26);1,3-6,8H,7H2,(H,16,17,18);2*1,3-6H,7H2;2-4H,8H2,1H3,(H2,9,10,11);1-4,8H;1H;1H,3H2;;1H. The fourth-order valence-electron chi connectivity index (χ4n) is 10.2. The van der Waals surface area contributed by atoms with Crippen molar-refractivity contribution in [3.63, 3.8) is 0 Å². The van der Waals surface area contributed by atoms with Gasteiger partial charge in [0.2, 0.25) is 42.5 Å². The second kappa shape index (κ2) is 66.2. The summed E-state index contributed by atoms with van der Waals surface area (Å²) in [5.74, 6) is 13.4. The van der Waals surface area contributed by atoms with E-state index in [-0.39, 0.29) is 152 Å². The SMILES string of the molecule is C#CCBr.C#CCOc1ccc(Nc2nc(Cl)ncc2F)cc1.C#CCOc1ccc(Nc2nc(Nc3ccc(C)c(S(=O)(=O)CC(=O)CC)c3)ncc2F)cc1.C#CCOc1ccc(Nc2nc(Nc3ccc(C)c(S(N)(=O)=O)c3)ncc2F)cc1.C#CCOc1ccc([N+](=O)[O-])cc1.C#CCOc1ccc([N+](=O)[O-])cc1.Cc1ccc(N)cc1S(N)(=O)=O.Fc1cnc(Cl)nc1Cl.I.II.O=[N+]([O-])c1ccc(O)cc1. The zero-order valence-electron chi connectivity index (χ0n) is 76.8. The molecule has 9 aromatic carbocycles. The number of non-ortho nitro benzene ring substituents is 3. The van der Waals surface area contributed by atoms with Crippen LogP contribution in [0.1, 0.15) is 30.0 Å². The number of aromatic nitrogens is 8. The Morgan fingerprint density at radius 3 is 1.01 bits per heavy atom. The lowest BCUT2D eigenvalue weighted by Gasteiger charge is -2.12. The molecule has 0 fully saturated rings. The first-order valence-electron chi connectivity index (χ1n) is 40.3. The number of aromatic hydroxyl groups is 1. The molecule has 4 heterocycles. The number of phenolic OH excluding ortho intramolecular Hbond substituents is 1. The van der Waals surface area contributed by atoms with E-state index >= 15 is 0 Å². The van der Waals surface area contributed by atoms with Gasteiger partial charge in [-0.05, 0) is 206 Å². The van der Waals surface area contributed by atoms with Gasteiger partial charge < -0.3 is 61.1 Å². The molecule has 768 valence electrons. The van der Waals surface area contributed by atoms with Gasteiger partial charge >= 0.3 is 0 Å². The van der Waals surface area contributed by atoms with Crippen molar-refractivity contribution >= 4 is 228 Å². The number of Topliss-reactive ketones (excluding diaryl/α,β-unsaturated/α-hetero) is 1. The number of halogens is 11. The predicted octanol–water partition coefficient (Wildman–Crippen LogP) is 20.3. The maximum absolute atomic E-state index is 14.3. The maximum Gasteiger partial charge on any atom is 0.269 e. The van der Waals surface area contributed by atoms with Crippen LogP contribution in [0.3, 0.4) is 0 Å². The summed E-state index contributed by atoms with van der Waals surface area (Å²) in [5, 5.41) is 64.0. The van der Waals surface area contributed by atoms with Crippen LogP contribution < -0.4 is 66.3 Å². The molecule has 0 bridgehead atoms. The minimum atomic E-state index is -3.89. The number of ether oxygens (including phenoxy) is 5. The van der Waals surface area contributed by atoms with Crippen LogP contribution in [0.2, 0.25) is 15.7 Å². The Kier molecular flexibility index (Phi) is 56.9. The number of nitrogens with zero attached hydrogens (tertiary/aromatic N) is 11. The number of aryl methyl sites for hydroxylation is 3. The van der Waals surface area contributed by atoms with Crippen molar-refractivity contribution in [1.29, 1.82) is 0 Å². The van der Waals surface area contributed by atoms with Crippen molar-refractivity contribution in [1.82, 2.24) is 39.9 Å². The molecule has 0 atom stereocenters. The van der Waals surface area contributed by atoms with Gasteiger partial charge in [0.05, 0.1) is 59.6 Å². The molecule has 38 nitrogen and oxygen atoms in total. The van der Waals surface area contributed by atoms with Gasteiger partial charge in [-0.2, -0.15) is 15.0 Å². The average molecular weight is 2530 g/mol. The first-order valence-corrected chi connectivity index (χ1v) is 53.6. The first kappa shape index (κ1) is 126. The number of hydrogen-bond donors (Lipinski definition) is 9. The van der Waals surface area contributed by atoms with Crippen LogP contribution in [-0.4, -0.2) is 135 Å². The molecule has 13 rings (SSSR count).